The average Bonchev–Trinajstić information content (AvgIpc) is 2.75. The first-order valence-electron chi connectivity index (χ1n) is 13.2. The average molecular weight is 456 g/mol. The normalized spacial score (nSPS) is 15.2. The highest BCUT2D eigenvalue weighted by molar-refractivity contribution is 5.73. The Labute approximate surface area is 199 Å². The van der Waals surface area contributed by atoms with Crippen molar-refractivity contribution in [2.24, 2.45) is 11.8 Å². The molecule has 0 aliphatic carbocycles. The topological polar surface area (TPSA) is 55.8 Å². The number of hydrogen-bond donors (Lipinski definition) is 0. The molecule has 0 radical (unpaired) electrons. The maximum absolute atomic E-state index is 12.4. The summed E-state index contributed by atoms with van der Waals surface area (Å²) in [6.07, 6.45) is 15.1. The van der Waals surface area contributed by atoms with E-state index in [9.17, 15) is 9.59 Å². The molecule has 5 nitrogen and oxygen atoms in total. The molecule has 0 spiro atoms. The highest BCUT2D eigenvalue weighted by Crippen LogP contribution is 2.17. The van der Waals surface area contributed by atoms with Crippen LogP contribution in [0.2, 0.25) is 0 Å². The van der Waals surface area contributed by atoms with E-state index in [0.717, 1.165) is 25.8 Å². The van der Waals surface area contributed by atoms with E-state index >= 15 is 0 Å². The first kappa shape index (κ1) is 30.9. The van der Waals surface area contributed by atoms with E-state index in [0.29, 0.717) is 0 Å². The molecule has 32 heavy (non-hydrogen) atoms. The van der Waals surface area contributed by atoms with Crippen LogP contribution in [-0.2, 0) is 19.1 Å². The summed E-state index contributed by atoms with van der Waals surface area (Å²) < 4.78 is 11.1. The number of carbonyl (C=O) groups excluding carboxylic acids is 2. The Kier molecular flexibility index (Phi) is 18.7. The number of unbranched alkanes of at least 4 members (excludes halogenated alkanes) is 10. The minimum Gasteiger partial charge on any atom is -0.459 e. The largest absolute Gasteiger partial charge is 0.459 e. The Morgan fingerprint density at radius 1 is 0.625 bits per heavy atom. The second-order valence-corrected chi connectivity index (χ2v) is 10.0. The molecule has 0 aliphatic rings. The summed E-state index contributed by atoms with van der Waals surface area (Å²) in [5, 5.41) is 0. The van der Waals surface area contributed by atoms with Gasteiger partial charge in [0.05, 0.1) is 11.8 Å². The first-order valence-corrected chi connectivity index (χ1v) is 13.2. The molecule has 4 unspecified atom stereocenters. The number of nitrogens with zero attached hydrogens (tertiary/aromatic N) is 1. The molecule has 0 amide bonds. The third kappa shape index (κ3) is 16.5. The van der Waals surface area contributed by atoms with E-state index in [1.54, 1.807) is 13.8 Å². The molecular formula is C27H53NO4. The molecule has 0 aliphatic heterocycles. The van der Waals surface area contributed by atoms with Crippen molar-refractivity contribution in [3.63, 3.8) is 0 Å². The summed E-state index contributed by atoms with van der Waals surface area (Å²) in [5.41, 5.74) is 0. The van der Waals surface area contributed by atoms with Crippen LogP contribution in [0, 0.1) is 11.8 Å². The van der Waals surface area contributed by atoms with Gasteiger partial charge in [-0.15, -0.1) is 0 Å². The number of carbonyl (C=O) groups is 2. The number of esters is 2. The van der Waals surface area contributed by atoms with Gasteiger partial charge in [-0.25, -0.2) is 0 Å². The maximum atomic E-state index is 12.4. The van der Waals surface area contributed by atoms with Gasteiger partial charge in [0, 0.05) is 0 Å². The molecule has 0 aromatic heterocycles. The van der Waals surface area contributed by atoms with Crippen molar-refractivity contribution < 1.29 is 19.1 Å². The molecule has 0 aromatic rings. The minimum absolute atomic E-state index is 0.113. The standard InChI is InChI=1S/C27H53NO4/c1-8-9-10-11-12-13-14-15-16-17-18-19-22(2)26(29)31-24(4)25(5)32-27(30)23(3)20-21-28(6)7/h22-25H,8-21H2,1-7H3. The molecule has 4 atom stereocenters. The Hall–Kier alpha value is -1.10. The van der Waals surface area contributed by atoms with Crippen molar-refractivity contribution in [2.45, 2.75) is 130 Å². The Balaban J connectivity index is 3.90. The van der Waals surface area contributed by atoms with Gasteiger partial charge in [-0.1, -0.05) is 91.4 Å². The van der Waals surface area contributed by atoms with Gasteiger partial charge in [0.25, 0.3) is 0 Å². The summed E-state index contributed by atoms with van der Waals surface area (Å²) in [5.74, 6) is -0.690. The Morgan fingerprint density at radius 3 is 1.41 bits per heavy atom. The van der Waals surface area contributed by atoms with Crippen molar-refractivity contribution in [3.05, 3.63) is 0 Å². The summed E-state index contributed by atoms with van der Waals surface area (Å²) in [7, 11) is 3.97. The maximum Gasteiger partial charge on any atom is 0.309 e. The van der Waals surface area contributed by atoms with E-state index in [2.05, 4.69) is 11.8 Å². The van der Waals surface area contributed by atoms with Gasteiger partial charge in [0.2, 0.25) is 0 Å². The van der Waals surface area contributed by atoms with Crippen LogP contribution >= 0.6 is 0 Å². The highest BCUT2D eigenvalue weighted by Gasteiger charge is 2.25. The van der Waals surface area contributed by atoms with Crippen LogP contribution in [0.5, 0.6) is 0 Å². The fourth-order valence-electron chi connectivity index (χ4n) is 3.59. The molecule has 0 saturated carbocycles. The summed E-state index contributed by atoms with van der Waals surface area (Å²) >= 11 is 0. The third-order valence-corrected chi connectivity index (χ3v) is 6.32. The molecule has 0 bridgehead atoms. The van der Waals surface area contributed by atoms with Crippen LogP contribution in [0.1, 0.15) is 118 Å². The van der Waals surface area contributed by atoms with Gasteiger partial charge in [0.1, 0.15) is 12.2 Å². The predicted molar refractivity (Wildman–Crippen MR) is 134 cm³/mol. The SMILES string of the molecule is CCCCCCCCCCCCCC(C)C(=O)OC(C)C(C)OC(=O)C(C)CCN(C)C. The third-order valence-electron chi connectivity index (χ3n) is 6.32. The zero-order valence-corrected chi connectivity index (χ0v) is 22.3. The van der Waals surface area contributed by atoms with Crippen LogP contribution in [-0.4, -0.2) is 49.7 Å². The van der Waals surface area contributed by atoms with Gasteiger partial charge < -0.3 is 14.4 Å². The van der Waals surface area contributed by atoms with Crippen molar-refractivity contribution in [2.75, 3.05) is 20.6 Å². The molecule has 0 aromatic carbocycles. The van der Waals surface area contributed by atoms with Crippen LogP contribution in [0.25, 0.3) is 0 Å². The summed E-state index contributed by atoms with van der Waals surface area (Å²) in [6.45, 7) is 10.5. The lowest BCUT2D eigenvalue weighted by atomic mass is 10.0. The van der Waals surface area contributed by atoms with Crippen LogP contribution in [0.4, 0.5) is 0 Å². The molecule has 0 N–H and O–H groups in total. The minimum atomic E-state index is -0.442. The monoisotopic (exact) mass is 455 g/mol. The second kappa shape index (κ2) is 19.4. The Bertz CT molecular complexity index is 480. The lowest BCUT2D eigenvalue weighted by molar-refractivity contribution is -0.170. The van der Waals surface area contributed by atoms with Gasteiger partial charge in [-0.05, 0) is 47.3 Å². The molecule has 5 heteroatoms. The van der Waals surface area contributed by atoms with Gasteiger partial charge in [-0.3, -0.25) is 9.59 Å². The zero-order chi connectivity index (χ0) is 24.4. The number of ether oxygens (including phenoxy) is 2. The van der Waals surface area contributed by atoms with Crippen molar-refractivity contribution in [3.8, 4) is 0 Å². The summed E-state index contributed by atoms with van der Waals surface area (Å²) in [4.78, 5) is 26.7. The zero-order valence-electron chi connectivity index (χ0n) is 22.3. The van der Waals surface area contributed by atoms with Crippen molar-refractivity contribution in [1.29, 1.82) is 0 Å². The lowest BCUT2D eigenvalue weighted by Gasteiger charge is -2.24. The highest BCUT2D eigenvalue weighted by atomic mass is 16.6. The van der Waals surface area contributed by atoms with Crippen molar-refractivity contribution in [1.82, 2.24) is 4.90 Å². The van der Waals surface area contributed by atoms with Crippen LogP contribution in [0.15, 0.2) is 0 Å². The van der Waals surface area contributed by atoms with E-state index in [-0.39, 0.29) is 23.8 Å². The van der Waals surface area contributed by atoms with Gasteiger partial charge in [0.15, 0.2) is 0 Å². The Morgan fingerprint density at radius 2 is 1.00 bits per heavy atom. The van der Waals surface area contributed by atoms with E-state index < -0.39 is 12.2 Å². The molecule has 0 saturated heterocycles. The number of rotatable bonds is 20. The van der Waals surface area contributed by atoms with Crippen LogP contribution < -0.4 is 0 Å². The summed E-state index contributed by atoms with van der Waals surface area (Å²) in [6, 6.07) is 0. The van der Waals surface area contributed by atoms with Crippen LogP contribution in [0.3, 0.4) is 0 Å². The molecule has 0 heterocycles. The fraction of sp³-hybridized carbons (Fsp3) is 0.926. The van der Waals surface area contributed by atoms with Gasteiger partial charge in [-0.2, -0.15) is 0 Å². The second-order valence-electron chi connectivity index (χ2n) is 10.0. The molecule has 0 rings (SSSR count). The fourth-order valence-corrected chi connectivity index (χ4v) is 3.59. The molecular weight excluding hydrogens is 402 g/mol. The first-order chi connectivity index (χ1) is 15.2. The smallest absolute Gasteiger partial charge is 0.309 e. The van der Waals surface area contributed by atoms with Gasteiger partial charge >= 0.3 is 11.9 Å². The van der Waals surface area contributed by atoms with E-state index in [1.807, 2.05) is 27.9 Å². The molecule has 0 fully saturated rings. The predicted octanol–water partition coefficient (Wildman–Crippen LogP) is 6.77. The van der Waals surface area contributed by atoms with E-state index in [1.165, 1.54) is 64.2 Å². The lowest BCUT2D eigenvalue weighted by Crippen LogP contribution is -2.34. The number of hydrogen-bond acceptors (Lipinski definition) is 5. The quantitative estimate of drug-likeness (QED) is 0.150. The van der Waals surface area contributed by atoms with E-state index in [4.69, 9.17) is 9.47 Å². The molecule has 190 valence electrons. The van der Waals surface area contributed by atoms with Crippen molar-refractivity contribution >= 4 is 11.9 Å².